The number of carbonyl (C=O) groups excluding carboxylic acids is 2. The number of hydrogen-bond donors (Lipinski definition) is 3. The molecule has 0 aliphatic rings. The van der Waals surface area contributed by atoms with Crippen LogP contribution in [0, 0.1) is 5.82 Å². The fraction of sp³-hybridized carbons (Fsp3) is 0.263. The zero-order valence-corrected chi connectivity index (χ0v) is 14.5. The molecule has 2 rings (SSSR count). The topological polar surface area (TPSA) is 70.2 Å². The van der Waals surface area contributed by atoms with Crippen molar-refractivity contribution in [1.82, 2.24) is 10.6 Å². The summed E-state index contributed by atoms with van der Waals surface area (Å²) in [6.45, 7) is 5.13. The van der Waals surface area contributed by atoms with E-state index in [0.29, 0.717) is 5.69 Å². The van der Waals surface area contributed by atoms with E-state index in [1.54, 1.807) is 18.2 Å². The van der Waals surface area contributed by atoms with Gasteiger partial charge in [-0.3, -0.25) is 4.79 Å². The molecule has 132 valence electrons. The van der Waals surface area contributed by atoms with E-state index >= 15 is 0 Å². The average molecular weight is 343 g/mol. The van der Waals surface area contributed by atoms with E-state index in [0.717, 1.165) is 11.1 Å². The molecule has 3 N–H and O–H groups in total. The van der Waals surface area contributed by atoms with E-state index in [1.807, 2.05) is 32.0 Å². The van der Waals surface area contributed by atoms with E-state index in [4.69, 9.17) is 0 Å². The molecular formula is C19H22FN3O2. The number of carbonyl (C=O) groups is 2. The van der Waals surface area contributed by atoms with Crippen LogP contribution in [0.25, 0.3) is 0 Å². The largest absolute Gasteiger partial charge is 0.332 e. The Morgan fingerprint density at radius 2 is 1.52 bits per heavy atom. The number of halogens is 1. The molecule has 0 bridgehead atoms. The number of benzene rings is 2. The second kappa shape index (κ2) is 8.28. The first-order valence-electron chi connectivity index (χ1n) is 8.05. The summed E-state index contributed by atoms with van der Waals surface area (Å²) in [5, 5.41) is 8.39. The fourth-order valence-corrected chi connectivity index (χ4v) is 2.44. The lowest BCUT2D eigenvalue weighted by Gasteiger charge is -2.19. The van der Waals surface area contributed by atoms with Crippen LogP contribution in [0.15, 0.2) is 48.5 Å². The molecule has 0 fully saturated rings. The summed E-state index contributed by atoms with van der Waals surface area (Å²) < 4.78 is 13.0. The van der Waals surface area contributed by atoms with Gasteiger partial charge in [0.2, 0.25) is 5.91 Å². The molecule has 0 saturated carbocycles. The molecule has 2 aromatic carbocycles. The summed E-state index contributed by atoms with van der Waals surface area (Å²) in [5.41, 5.74) is 2.37. The molecule has 0 saturated heterocycles. The van der Waals surface area contributed by atoms with E-state index in [1.165, 1.54) is 19.1 Å². The normalized spacial score (nSPS) is 12.8. The van der Waals surface area contributed by atoms with Gasteiger partial charge in [-0.25, -0.2) is 9.18 Å². The third kappa shape index (κ3) is 5.60. The van der Waals surface area contributed by atoms with Crippen molar-refractivity contribution < 1.29 is 14.0 Å². The van der Waals surface area contributed by atoms with Gasteiger partial charge in [0.1, 0.15) is 5.82 Å². The highest BCUT2D eigenvalue weighted by Crippen LogP contribution is 2.18. The van der Waals surface area contributed by atoms with Crippen molar-refractivity contribution in [2.45, 2.75) is 32.9 Å². The first-order chi connectivity index (χ1) is 11.8. The van der Waals surface area contributed by atoms with Crippen LogP contribution in [0.1, 0.15) is 44.0 Å². The van der Waals surface area contributed by atoms with Gasteiger partial charge in [-0.1, -0.05) is 24.3 Å². The predicted molar refractivity (Wildman–Crippen MR) is 95.6 cm³/mol. The van der Waals surface area contributed by atoms with Gasteiger partial charge >= 0.3 is 6.03 Å². The SMILES string of the molecule is CC(=O)Nc1cccc([C@H](C)NC(=O)N[C@@H](C)c2ccc(F)cc2)c1. The fourth-order valence-electron chi connectivity index (χ4n) is 2.44. The summed E-state index contributed by atoms with van der Waals surface area (Å²) in [6.07, 6.45) is 0. The second-order valence-corrected chi connectivity index (χ2v) is 5.92. The smallest absolute Gasteiger partial charge is 0.315 e. The van der Waals surface area contributed by atoms with Crippen LogP contribution in [0.4, 0.5) is 14.9 Å². The summed E-state index contributed by atoms with van der Waals surface area (Å²) in [4.78, 5) is 23.3. The van der Waals surface area contributed by atoms with Gasteiger partial charge in [-0.05, 0) is 49.2 Å². The van der Waals surface area contributed by atoms with Crippen molar-refractivity contribution in [3.05, 3.63) is 65.5 Å². The highest BCUT2D eigenvalue weighted by Gasteiger charge is 2.13. The average Bonchev–Trinajstić information content (AvgIpc) is 2.54. The molecular weight excluding hydrogens is 321 g/mol. The molecule has 3 amide bonds. The minimum atomic E-state index is -0.325. The Morgan fingerprint density at radius 3 is 2.12 bits per heavy atom. The molecule has 25 heavy (non-hydrogen) atoms. The van der Waals surface area contributed by atoms with Crippen LogP contribution in [-0.2, 0) is 4.79 Å². The lowest BCUT2D eigenvalue weighted by atomic mass is 10.1. The van der Waals surface area contributed by atoms with Gasteiger partial charge in [0.15, 0.2) is 0 Å². The highest BCUT2D eigenvalue weighted by molar-refractivity contribution is 5.88. The van der Waals surface area contributed by atoms with Crippen molar-refractivity contribution in [1.29, 1.82) is 0 Å². The van der Waals surface area contributed by atoms with Crippen LogP contribution in [0.3, 0.4) is 0 Å². The monoisotopic (exact) mass is 343 g/mol. The predicted octanol–water partition coefficient (Wildman–Crippen LogP) is 3.91. The zero-order chi connectivity index (χ0) is 18.4. The Kier molecular flexibility index (Phi) is 6.11. The molecule has 0 radical (unpaired) electrons. The van der Waals surface area contributed by atoms with Crippen molar-refractivity contribution in [2.24, 2.45) is 0 Å². The molecule has 0 unspecified atom stereocenters. The quantitative estimate of drug-likeness (QED) is 0.770. The number of rotatable bonds is 5. The van der Waals surface area contributed by atoms with Crippen molar-refractivity contribution in [2.75, 3.05) is 5.32 Å². The summed E-state index contributed by atoms with van der Waals surface area (Å²) >= 11 is 0. The Bertz CT molecular complexity index is 747. The second-order valence-electron chi connectivity index (χ2n) is 5.92. The van der Waals surface area contributed by atoms with E-state index in [9.17, 15) is 14.0 Å². The Morgan fingerprint density at radius 1 is 0.920 bits per heavy atom. The van der Waals surface area contributed by atoms with Crippen molar-refractivity contribution >= 4 is 17.6 Å². The maximum Gasteiger partial charge on any atom is 0.315 e. The molecule has 0 spiro atoms. The number of amides is 3. The van der Waals surface area contributed by atoms with E-state index in [-0.39, 0.29) is 29.8 Å². The third-order valence-corrected chi connectivity index (χ3v) is 3.77. The van der Waals surface area contributed by atoms with Gasteiger partial charge in [0.25, 0.3) is 0 Å². The molecule has 0 heterocycles. The molecule has 5 nitrogen and oxygen atoms in total. The van der Waals surface area contributed by atoms with Gasteiger partial charge in [-0.15, -0.1) is 0 Å². The van der Waals surface area contributed by atoms with Gasteiger partial charge in [-0.2, -0.15) is 0 Å². The number of anilines is 1. The number of nitrogens with one attached hydrogen (secondary N) is 3. The van der Waals surface area contributed by atoms with Gasteiger partial charge in [0, 0.05) is 12.6 Å². The van der Waals surface area contributed by atoms with Crippen LogP contribution in [0.2, 0.25) is 0 Å². The molecule has 2 atom stereocenters. The van der Waals surface area contributed by atoms with E-state index in [2.05, 4.69) is 16.0 Å². The van der Waals surface area contributed by atoms with Crippen LogP contribution >= 0.6 is 0 Å². The lowest BCUT2D eigenvalue weighted by molar-refractivity contribution is -0.114. The van der Waals surface area contributed by atoms with Gasteiger partial charge < -0.3 is 16.0 Å². The third-order valence-electron chi connectivity index (χ3n) is 3.77. The molecule has 0 aliphatic heterocycles. The minimum Gasteiger partial charge on any atom is -0.332 e. The van der Waals surface area contributed by atoms with Crippen LogP contribution in [-0.4, -0.2) is 11.9 Å². The van der Waals surface area contributed by atoms with E-state index < -0.39 is 0 Å². The zero-order valence-electron chi connectivity index (χ0n) is 14.5. The summed E-state index contributed by atoms with van der Waals surface area (Å²) in [6, 6.07) is 12.5. The number of hydrogen-bond acceptors (Lipinski definition) is 2. The minimum absolute atomic E-state index is 0.149. The number of urea groups is 1. The summed E-state index contributed by atoms with van der Waals surface area (Å²) in [5.74, 6) is -0.461. The molecule has 0 aliphatic carbocycles. The van der Waals surface area contributed by atoms with Crippen LogP contribution in [0.5, 0.6) is 0 Å². The highest BCUT2D eigenvalue weighted by atomic mass is 19.1. The Labute approximate surface area is 146 Å². The maximum absolute atomic E-state index is 13.0. The lowest BCUT2D eigenvalue weighted by Crippen LogP contribution is -2.38. The Hall–Kier alpha value is -2.89. The van der Waals surface area contributed by atoms with Crippen LogP contribution < -0.4 is 16.0 Å². The van der Waals surface area contributed by atoms with Gasteiger partial charge in [0.05, 0.1) is 12.1 Å². The Balaban J connectivity index is 1.95. The van der Waals surface area contributed by atoms with Crippen molar-refractivity contribution in [3.8, 4) is 0 Å². The van der Waals surface area contributed by atoms with Crippen molar-refractivity contribution in [3.63, 3.8) is 0 Å². The molecule has 6 heteroatoms. The standard InChI is InChI=1S/C19H22FN3O2/c1-12(15-7-9-17(20)10-8-15)21-19(25)22-13(2)16-5-4-6-18(11-16)23-14(3)24/h4-13H,1-3H3,(H,23,24)(H2,21,22,25)/t12-,13-/m0/s1. The molecule has 0 aromatic heterocycles. The molecule has 2 aromatic rings. The summed E-state index contributed by atoms with van der Waals surface area (Å²) in [7, 11) is 0. The first-order valence-corrected chi connectivity index (χ1v) is 8.05. The first kappa shape index (κ1) is 18.4. The maximum atomic E-state index is 13.0.